The SMILES string of the molecule is CCC(C)c1ccccc1NC(=O)CCN(CC(=O)Nc1cc(C)ccc1C)C1CC1. The highest BCUT2D eigenvalue weighted by Crippen LogP contribution is 2.28. The van der Waals surface area contributed by atoms with Gasteiger partial charge in [0.25, 0.3) is 0 Å². The zero-order valence-electron chi connectivity index (χ0n) is 19.2. The maximum atomic E-state index is 12.7. The molecule has 1 aliphatic carbocycles. The first-order chi connectivity index (χ1) is 14.9. The number of hydrogen-bond acceptors (Lipinski definition) is 3. The fraction of sp³-hybridized carbons (Fsp3) is 0.462. The largest absolute Gasteiger partial charge is 0.326 e. The molecule has 5 nitrogen and oxygen atoms in total. The molecule has 0 radical (unpaired) electrons. The van der Waals surface area contributed by atoms with Crippen LogP contribution in [-0.4, -0.2) is 35.8 Å². The zero-order valence-corrected chi connectivity index (χ0v) is 19.2. The van der Waals surface area contributed by atoms with E-state index < -0.39 is 0 Å². The van der Waals surface area contributed by atoms with Crippen molar-refractivity contribution in [2.45, 2.75) is 65.3 Å². The minimum Gasteiger partial charge on any atom is -0.326 e. The second-order valence-corrected chi connectivity index (χ2v) is 8.76. The molecule has 5 heteroatoms. The van der Waals surface area contributed by atoms with Gasteiger partial charge in [0, 0.05) is 30.4 Å². The van der Waals surface area contributed by atoms with Crippen molar-refractivity contribution in [3.63, 3.8) is 0 Å². The second-order valence-electron chi connectivity index (χ2n) is 8.76. The van der Waals surface area contributed by atoms with E-state index in [0.717, 1.165) is 41.8 Å². The Bertz CT molecular complexity index is 921. The van der Waals surface area contributed by atoms with Crippen molar-refractivity contribution in [3.8, 4) is 0 Å². The third-order valence-electron chi connectivity index (χ3n) is 6.08. The Labute approximate surface area is 186 Å². The van der Waals surface area contributed by atoms with Crippen LogP contribution in [0.1, 0.15) is 62.1 Å². The van der Waals surface area contributed by atoms with Crippen LogP contribution >= 0.6 is 0 Å². The Morgan fingerprint density at radius 3 is 2.45 bits per heavy atom. The van der Waals surface area contributed by atoms with E-state index >= 15 is 0 Å². The number of amides is 2. The summed E-state index contributed by atoms with van der Waals surface area (Å²) in [7, 11) is 0. The van der Waals surface area contributed by atoms with Gasteiger partial charge >= 0.3 is 0 Å². The topological polar surface area (TPSA) is 61.4 Å². The number of carbonyl (C=O) groups is 2. The average molecular weight is 422 g/mol. The molecule has 1 saturated carbocycles. The highest BCUT2D eigenvalue weighted by Gasteiger charge is 2.30. The molecule has 1 atom stereocenters. The Hall–Kier alpha value is -2.66. The monoisotopic (exact) mass is 421 g/mol. The molecule has 0 heterocycles. The summed E-state index contributed by atoms with van der Waals surface area (Å²) in [5.41, 5.74) is 5.10. The predicted molar refractivity (Wildman–Crippen MR) is 128 cm³/mol. The molecule has 2 aromatic carbocycles. The molecule has 2 aromatic rings. The molecule has 166 valence electrons. The first kappa shape index (κ1) is 23.0. The summed E-state index contributed by atoms with van der Waals surface area (Å²) in [6.07, 6.45) is 3.59. The van der Waals surface area contributed by atoms with E-state index in [9.17, 15) is 9.59 Å². The number of hydrogen-bond donors (Lipinski definition) is 2. The van der Waals surface area contributed by atoms with Gasteiger partial charge in [-0.3, -0.25) is 14.5 Å². The average Bonchev–Trinajstić information content (AvgIpc) is 3.59. The third kappa shape index (κ3) is 6.66. The van der Waals surface area contributed by atoms with Crippen molar-refractivity contribution in [2.75, 3.05) is 23.7 Å². The van der Waals surface area contributed by atoms with Gasteiger partial charge in [0.2, 0.25) is 11.8 Å². The summed E-state index contributed by atoms with van der Waals surface area (Å²) in [5, 5.41) is 6.12. The molecule has 0 saturated heterocycles. The molecule has 1 aliphatic rings. The number of para-hydroxylation sites is 1. The third-order valence-corrected chi connectivity index (χ3v) is 6.08. The first-order valence-electron chi connectivity index (χ1n) is 11.4. The van der Waals surface area contributed by atoms with E-state index in [2.05, 4.69) is 35.4 Å². The van der Waals surface area contributed by atoms with Gasteiger partial charge in [-0.1, -0.05) is 44.2 Å². The summed E-state index contributed by atoms with van der Waals surface area (Å²) in [6.45, 7) is 9.24. The molecule has 0 aromatic heterocycles. The van der Waals surface area contributed by atoms with Crippen LogP contribution in [0.25, 0.3) is 0 Å². The van der Waals surface area contributed by atoms with Crippen molar-refractivity contribution in [1.82, 2.24) is 4.90 Å². The summed E-state index contributed by atoms with van der Waals surface area (Å²) in [4.78, 5) is 27.4. The van der Waals surface area contributed by atoms with Gasteiger partial charge < -0.3 is 10.6 Å². The van der Waals surface area contributed by atoms with Crippen molar-refractivity contribution in [1.29, 1.82) is 0 Å². The molecule has 2 N–H and O–H groups in total. The maximum absolute atomic E-state index is 12.7. The second kappa shape index (κ2) is 10.6. The quantitative estimate of drug-likeness (QED) is 0.551. The van der Waals surface area contributed by atoms with Crippen LogP contribution < -0.4 is 10.6 Å². The predicted octanol–water partition coefficient (Wildman–Crippen LogP) is 5.25. The molecule has 2 amide bonds. The Balaban J connectivity index is 1.55. The summed E-state index contributed by atoms with van der Waals surface area (Å²) >= 11 is 0. The van der Waals surface area contributed by atoms with Crippen LogP contribution in [0.5, 0.6) is 0 Å². The standard InChI is InChI=1S/C26H35N3O2/c1-5-19(3)22-8-6-7-9-23(22)27-25(30)14-15-29(21-12-13-21)17-26(31)28-24-16-18(2)10-11-20(24)4/h6-11,16,19,21H,5,12-15,17H2,1-4H3,(H,27,30)(H,28,31). The molecular formula is C26H35N3O2. The lowest BCUT2D eigenvalue weighted by molar-refractivity contribution is -0.119. The van der Waals surface area contributed by atoms with Gasteiger partial charge in [0.05, 0.1) is 6.54 Å². The summed E-state index contributed by atoms with van der Waals surface area (Å²) < 4.78 is 0. The number of nitrogens with zero attached hydrogens (tertiary/aromatic N) is 1. The Kier molecular flexibility index (Phi) is 7.85. The molecule has 0 bridgehead atoms. The summed E-state index contributed by atoms with van der Waals surface area (Å²) in [5.74, 6) is 0.368. The first-order valence-corrected chi connectivity index (χ1v) is 11.4. The smallest absolute Gasteiger partial charge is 0.238 e. The van der Waals surface area contributed by atoms with Gasteiger partial charge in [-0.15, -0.1) is 0 Å². The van der Waals surface area contributed by atoms with Crippen molar-refractivity contribution >= 4 is 23.2 Å². The minimum absolute atomic E-state index is 0.00339. The van der Waals surface area contributed by atoms with Gasteiger partial charge in [-0.25, -0.2) is 0 Å². The number of carbonyl (C=O) groups excluding carboxylic acids is 2. The highest BCUT2D eigenvalue weighted by molar-refractivity contribution is 5.93. The normalized spacial score (nSPS) is 14.4. The number of rotatable bonds is 10. The lowest BCUT2D eigenvalue weighted by Gasteiger charge is -2.22. The number of anilines is 2. The van der Waals surface area contributed by atoms with E-state index in [0.29, 0.717) is 31.5 Å². The zero-order chi connectivity index (χ0) is 22.4. The van der Waals surface area contributed by atoms with Gasteiger partial charge in [-0.05, 0) is 67.9 Å². The van der Waals surface area contributed by atoms with Crippen molar-refractivity contribution in [2.24, 2.45) is 0 Å². The van der Waals surface area contributed by atoms with Gasteiger partial charge in [0.1, 0.15) is 0 Å². The molecule has 1 fully saturated rings. The summed E-state index contributed by atoms with van der Waals surface area (Å²) in [6, 6.07) is 14.5. The van der Waals surface area contributed by atoms with Gasteiger partial charge in [0.15, 0.2) is 0 Å². The van der Waals surface area contributed by atoms with Gasteiger partial charge in [-0.2, -0.15) is 0 Å². The van der Waals surface area contributed by atoms with E-state index in [1.807, 2.05) is 50.2 Å². The minimum atomic E-state index is -0.0249. The van der Waals surface area contributed by atoms with E-state index in [4.69, 9.17) is 0 Å². The lowest BCUT2D eigenvalue weighted by atomic mass is 9.97. The van der Waals surface area contributed by atoms with Crippen LogP contribution in [0.15, 0.2) is 42.5 Å². The Morgan fingerprint density at radius 2 is 1.74 bits per heavy atom. The fourth-order valence-corrected chi connectivity index (χ4v) is 3.79. The van der Waals surface area contributed by atoms with Crippen molar-refractivity contribution < 1.29 is 9.59 Å². The van der Waals surface area contributed by atoms with Crippen LogP contribution in [0.3, 0.4) is 0 Å². The van der Waals surface area contributed by atoms with Crippen LogP contribution in [0, 0.1) is 13.8 Å². The lowest BCUT2D eigenvalue weighted by Crippen LogP contribution is -2.37. The highest BCUT2D eigenvalue weighted by atomic mass is 16.2. The number of aryl methyl sites for hydroxylation is 2. The molecule has 0 spiro atoms. The Morgan fingerprint density at radius 1 is 1.03 bits per heavy atom. The van der Waals surface area contributed by atoms with Crippen LogP contribution in [0.2, 0.25) is 0 Å². The van der Waals surface area contributed by atoms with Crippen LogP contribution in [-0.2, 0) is 9.59 Å². The number of nitrogens with one attached hydrogen (secondary N) is 2. The molecule has 0 aliphatic heterocycles. The molecular weight excluding hydrogens is 386 g/mol. The fourth-order valence-electron chi connectivity index (χ4n) is 3.79. The van der Waals surface area contributed by atoms with Crippen LogP contribution in [0.4, 0.5) is 11.4 Å². The van der Waals surface area contributed by atoms with Crippen molar-refractivity contribution in [3.05, 3.63) is 59.2 Å². The molecule has 1 unspecified atom stereocenters. The van der Waals surface area contributed by atoms with E-state index in [1.165, 1.54) is 5.56 Å². The van der Waals surface area contributed by atoms with E-state index in [-0.39, 0.29) is 11.8 Å². The molecule has 31 heavy (non-hydrogen) atoms. The van der Waals surface area contributed by atoms with E-state index in [1.54, 1.807) is 0 Å². The molecule has 3 rings (SSSR count). The maximum Gasteiger partial charge on any atom is 0.238 e. The number of benzene rings is 2.